The highest BCUT2D eigenvalue weighted by atomic mass is 28.4. The third-order valence-corrected chi connectivity index (χ3v) is 2.86. The zero-order valence-electron chi connectivity index (χ0n) is 10.1. The summed E-state index contributed by atoms with van der Waals surface area (Å²) in [6.07, 6.45) is 1.62. The Bertz CT molecular complexity index is 297. The second-order valence-electron chi connectivity index (χ2n) is 5.12. The Morgan fingerprint density at radius 3 is 2.27 bits per heavy atom. The van der Waals surface area contributed by atoms with Crippen LogP contribution in [0.5, 0.6) is 0 Å². The lowest BCUT2D eigenvalue weighted by Crippen LogP contribution is -2.37. The Morgan fingerprint density at radius 2 is 2.00 bits per heavy atom. The maximum atomic E-state index is 11.7. The van der Waals surface area contributed by atoms with Crippen molar-refractivity contribution in [2.75, 3.05) is 0 Å². The molecule has 84 valence electrons. The smallest absolute Gasteiger partial charge is 0.310 e. The molecular formula is C11H19NO2Si. The van der Waals surface area contributed by atoms with Crippen molar-refractivity contribution in [3.63, 3.8) is 0 Å². The van der Waals surface area contributed by atoms with Gasteiger partial charge in [0.2, 0.25) is 8.32 Å². The van der Waals surface area contributed by atoms with Crippen LogP contribution in [0.1, 0.15) is 13.8 Å². The van der Waals surface area contributed by atoms with Crippen LogP contribution in [0.2, 0.25) is 19.6 Å². The van der Waals surface area contributed by atoms with E-state index in [4.69, 9.17) is 9.69 Å². The summed E-state index contributed by atoms with van der Waals surface area (Å²) in [5, 5.41) is 8.98. The van der Waals surface area contributed by atoms with E-state index in [0.717, 1.165) is 0 Å². The Kier molecular flexibility index (Phi) is 4.29. The molecule has 0 radical (unpaired) electrons. The normalized spacial score (nSPS) is 13.9. The van der Waals surface area contributed by atoms with Crippen molar-refractivity contribution in [1.82, 2.24) is 0 Å². The first-order valence-corrected chi connectivity index (χ1v) is 8.31. The molecule has 0 spiro atoms. The highest BCUT2D eigenvalue weighted by molar-refractivity contribution is 6.71. The van der Waals surface area contributed by atoms with E-state index in [0.29, 0.717) is 0 Å². The van der Waals surface area contributed by atoms with Crippen LogP contribution < -0.4 is 0 Å². The molecule has 3 nitrogen and oxygen atoms in total. The molecule has 0 amide bonds. The molecule has 0 aromatic heterocycles. The molecule has 1 unspecified atom stereocenters. The SMILES string of the molecule is C=CC(C)(C)C(C#N)C(=O)O[Si](C)(C)C. The van der Waals surface area contributed by atoms with Crippen LogP contribution in [0.15, 0.2) is 12.7 Å². The molecule has 0 rings (SSSR count). The van der Waals surface area contributed by atoms with Crippen LogP contribution in [0.25, 0.3) is 0 Å². The Morgan fingerprint density at radius 1 is 1.53 bits per heavy atom. The Labute approximate surface area is 92.9 Å². The third kappa shape index (κ3) is 4.30. The molecule has 0 aliphatic rings. The number of hydrogen-bond donors (Lipinski definition) is 0. The van der Waals surface area contributed by atoms with Crippen LogP contribution >= 0.6 is 0 Å². The molecular weight excluding hydrogens is 206 g/mol. The number of carbonyl (C=O) groups is 1. The second-order valence-corrected chi connectivity index (χ2v) is 9.55. The molecule has 0 fully saturated rings. The zero-order chi connectivity index (χ0) is 12.3. The van der Waals surface area contributed by atoms with Gasteiger partial charge >= 0.3 is 5.97 Å². The molecule has 0 aromatic rings. The van der Waals surface area contributed by atoms with Gasteiger partial charge in [-0.15, -0.1) is 6.58 Å². The highest BCUT2D eigenvalue weighted by Gasteiger charge is 2.36. The molecule has 1 atom stereocenters. The van der Waals surface area contributed by atoms with E-state index < -0.39 is 25.6 Å². The van der Waals surface area contributed by atoms with Gasteiger partial charge in [0.15, 0.2) is 5.92 Å². The van der Waals surface area contributed by atoms with Gasteiger partial charge in [-0.1, -0.05) is 19.9 Å². The lowest BCUT2D eigenvalue weighted by atomic mass is 9.80. The molecule has 0 aliphatic heterocycles. The summed E-state index contributed by atoms with van der Waals surface area (Å²) in [4.78, 5) is 11.7. The molecule has 0 saturated carbocycles. The molecule has 0 saturated heterocycles. The lowest BCUT2D eigenvalue weighted by Gasteiger charge is -2.27. The summed E-state index contributed by atoms with van der Waals surface area (Å²) < 4.78 is 5.31. The summed E-state index contributed by atoms with van der Waals surface area (Å²) in [6, 6.07) is 1.99. The van der Waals surface area contributed by atoms with Gasteiger partial charge in [-0.05, 0) is 19.6 Å². The average molecular weight is 225 g/mol. The van der Waals surface area contributed by atoms with E-state index in [1.165, 1.54) is 0 Å². The predicted octanol–water partition coefficient (Wildman–Crippen LogP) is 2.72. The van der Waals surface area contributed by atoms with E-state index in [2.05, 4.69) is 6.58 Å². The van der Waals surface area contributed by atoms with Crippen molar-refractivity contribution >= 4 is 14.3 Å². The van der Waals surface area contributed by atoms with Gasteiger partial charge in [0.05, 0.1) is 6.07 Å². The number of hydrogen-bond acceptors (Lipinski definition) is 3. The molecule has 0 aliphatic carbocycles. The fraction of sp³-hybridized carbons (Fsp3) is 0.636. The molecule has 0 bridgehead atoms. The predicted molar refractivity (Wildman–Crippen MR) is 62.5 cm³/mol. The maximum Gasteiger partial charge on any atom is 0.310 e. The highest BCUT2D eigenvalue weighted by Crippen LogP contribution is 2.29. The van der Waals surface area contributed by atoms with Gasteiger partial charge in [0.1, 0.15) is 0 Å². The fourth-order valence-electron chi connectivity index (χ4n) is 1.00. The summed E-state index contributed by atoms with van der Waals surface area (Å²) in [7, 11) is -1.93. The van der Waals surface area contributed by atoms with Gasteiger partial charge in [0, 0.05) is 5.41 Å². The topological polar surface area (TPSA) is 50.1 Å². The monoisotopic (exact) mass is 225 g/mol. The summed E-state index contributed by atoms with van der Waals surface area (Å²) in [5.74, 6) is -1.21. The summed E-state index contributed by atoms with van der Waals surface area (Å²) in [5.41, 5.74) is -0.550. The summed E-state index contributed by atoms with van der Waals surface area (Å²) in [6.45, 7) is 13.0. The van der Waals surface area contributed by atoms with Crippen molar-refractivity contribution in [3.8, 4) is 6.07 Å². The first-order valence-electron chi connectivity index (χ1n) is 4.90. The minimum absolute atomic E-state index is 0.429. The van der Waals surface area contributed by atoms with Gasteiger partial charge in [-0.25, -0.2) is 0 Å². The van der Waals surface area contributed by atoms with Gasteiger partial charge in [0.25, 0.3) is 0 Å². The minimum atomic E-state index is -1.93. The quantitative estimate of drug-likeness (QED) is 0.546. The Hall–Kier alpha value is -1.08. The number of rotatable bonds is 4. The molecule has 4 heteroatoms. The first kappa shape index (κ1) is 13.9. The molecule has 0 aromatic carbocycles. The van der Waals surface area contributed by atoms with Gasteiger partial charge in [-0.2, -0.15) is 5.26 Å². The van der Waals surface area contributed by atoms with E-state index in [1.807, 2.05) is 25.7 Å². The van der Waals surface area contributed by atoms with E-state index in [-0.39, 0.29) is 0 Å². The third-order valence-electron chi connectivity index (χ3n) is 2.04. The van der Waals surface area contributed by atoms with Crippen molar-refractivity contribution in [2.45, 2.75) is 33.5 Å². The van der Waals surface area contributed by atoms with E-state index in [9.17, 15) is 4.79 Å². The maximum absolute atomic E-state index is 11.7. The van der Waals surface area contributed by atoms with Crippen LogP contribution in [-0.4, -0.2) is 14.3 Å². The van der Waals surface area contributed by atoms with Crippen LogP contribution in [-0.2, 0) is 9.22 Å². The number of allylic oxidation sites excluding steroid dienone is 1. The fourth-order valence-corrected chi connectivity index (χ4v) is 1.72. The van der Waals surface area contributed by atoms with E-state index >= 15 is 0 Å². The number of carbonyl (C=O) groups excluding carboxylic acids is 1. The first-order chi connectivity index (χ1) is 6.64. The van der Waals surface area contributed by atoms with Gasteiger partial charge < -0.3 is 4.43 Å². The van der Waals surface area contributed by atoms with Crippen molar-refractivity contribution in [3.05, 3.63) is 12.7 Å². The lowest BCUT2D eigenvalue weighted by molar-refractivity contribution is -0.140. The van der Waals surface area contributed by atoms with E-state index in [1.54, 1.807) is 19.9 Å². The minimum Gasteiger partial charge on any atom is -0.519 e. The van der Waals surface area contributed by atoms with Crippen LogP contribution in [0.3, 0.4) is 0 Å². The van der Waals surface area contributed by atoms with Crippen molar-refractivity contribution < 1.29 is 9.22 Å². The zero-order valence-corrected chi connectivity index (χ0v) is 11.1. The molecule has 0 N–H and O–H groups in total. The van der Waals surface area contributed by atoms with Crippen LogP contribution in [0.4, 0.5) is 0 Å². The largest absolute Gasteiger partial charge is 0.519 e. The second kappa shape index (κ2) is 4.62. The van der Waals surface area contributed by atoms with Crippen molar-refractivity contribution in [2.24, 2.45) is 11.3 Å². The van der Waals surface area contributed by atoms with Gasteiger partial charge in [-0.3, -0.25) is 4.79 Å². The number of nitriles is 1. The van der Waals surface area contributed by atoms with Crippen LogP contribution in [0, 0.1) is 22.7 Å². The standard InChI is InChI=1S/C11H19NO2Si/c1-7-11(2,3)9(8-12)10(13)14-15(4,5)6/h7,9H,1H2,2-6H3. The molecule has 15 heavy (non-hydrogen) atoms. The van der Waals surface area contributed by atoms with Crippen molar-refractivity contribution in [1.29, 1.82) is 5.26 Å². The Balaban J connectivity index is 4.81. The average Bonchev–Trinajstić information content (AvgIpc) is 2.01. The summed E-state index contributed by atoms with van der Waals surface area (Å²) >= 11 is 0. The molecule has 0 heterocycles. The number of nitrogens with zero attached hydrogens (tertiary/aromatic N) is 1.